The van der Waals surface area contributed by atoms with Crippen molar-refractivity contribution in [3.8, 4) is 0 Å². The van der Waals surface area contributed by atoms with E-state index in [1.807, 2.05) is 0 Å². The SMILES string of the molecule is C[C](c1cc(Br)ccc1F)C(F)(F)[C@](C)(O)C(N)=O. The first-order valence-corrected chi connectivity index (χ1v) is 6.00. The third kappa shape index (κ3) is 2.76. The molecule has 1 atom stereocenters. The molecule has 1 rings (SSSR count). The van der Waals surface area contributed by atoms with Crippen LogP contribution in [0.3, 0.4) is 0 Å². The van der Waals surface area contributed by atoms with Crippen LogP contribution in [0, 0.1) is 11.7 Å². The Morgan fingerprint density at radius 2 is 1.95 bits per heavy atom. The van der Waals surface area contributed by atoms with Crippen molar-refractivity contribution in [2.24, 2.45) is 5.73 Å². The number of nitrogens with two attached hydrogens (primary N) is 1. The summed E-state index contributed by atoms with van der Waals surface area (Å²) in [5.74, 6) is -7.26. The third-order valence-electron chi connectivity index (χ3n) is 2.89. The second-order valence-corrected chi connectivity index (χ2v) is 5.18. The number of primary amides is 1. The van der Waals surface area contributed by atoms with Gasteiger partial charge in [-0.15, -0.1) is 0 Å². The first-order valence-electron chi connectivity index (χ1n) is 5.21. The molecular weight excluding hydrogens is 327 g/mol. The lowest BCUT2D eigenvalue weighted by molar-refractivity contribution is -0.175. The molecule has 0 saturated heterocycles. The maximum absolute atomic E-state index is 14.1. The zero-order valence-corrected chi connectivity index (χ0v) is 11.8. The molecule has 1 radical (unpaired) electrons. The number of alkyl halides is 2. The smallest absolute Gasteiger partial charge is 0.295 e. The summed E-state index contributed by atoms with van der Waals surface area (Å²) in [7, 11) is 0. The Kier molecular flexibility index (Phi) is 4.31. The van der Waals surface area contributed by atoms with Crippen molar-refractivity contribution in [2.75, 3.05) is 0 Å². The van der Waals surface area contributed by atoms with Crippen LogP contribution in [0.2, 0.25) is 0 Å². The Balaban J connectivity index is 3.28. The van der Waals surface area contributed by atoms with Gasteiger partial charge in [0.25, 0.3) is 11.8 Å². The highest BCUT2D eigenvalue weighted by Crippen LogP contribution is 2.41. The highest BCUT2D eigenvalue weighted by Gasteiger charge is 2.58. The van der Waals surface area contributed by atoms with Crippen molar-refractivity contribution >= 4 is 21.8 Å². The number of amides is 1. The van der Waals surface area contributed by atoms with E-state index in [1.165, 1.54) is 6.07 Å². The van der Waals surface area contributed by atoms with Crippen molar-refractivity contribution in [3.63, 3.8) is 0 Å². The molecule has 0 spiro atoms. The molecule has 3 N–H and O–H groups in total. The number of hydrogen-bond acceptors (Lipinski definition) is 2. The summed E-state index contributed by atoms with van der Waals surface area (Å²) in [4.78, 5) is 10.9. The Morgan fingerprint density at radius 3 is 2.42 bits per heavy atom. The first kappa shape index (κ1) is 16.0. The highest BCUT2D eigenvalue weighted by atomic mass is 79.9. The fourth-order valence-electron chi connectivity index (χ4n) is 1.47. The summed E-state index contributed by atoms with van der Waals surface area (Å²) in [6.45, 7) is 1.52. The monoisotopic (exact) mass is 338 g/mol. The van der Waals surface area contributed by atoms with Crippen molar-refractivity contribution in [2.45, 2.75) is 25.4 Å². The van der Waals surface area contributed by atoms with Crippen LogP contribution in [0.1, 0.15) is 19.4 Å². The fraction of sp³-hybridized carbons (Fsp3) is 0.333. The van der Waals surface area contributed by atoms with E-state index in [0.29, 0.717) is 11.4 Å². The van der Waals surface area contributed by atoms with Crippen molar-refractivity contribution in [3.05, 3.63) is 40.0 Å². The van der Waals surface area contributed by atoms with E-state index in [0.717, 1.165) is 19.1 Å². The van der Waals surface area contributed by atoms with E-state index in [-0.39, 0.29) is 0 Å². The molecule has 3 nitrogen and oxygen atoms in total. The van der Waals surface area contributed by atoms with Crippen molar-refractivity contribution < 1.29 is 23.1 Å². The fourth-order valence-corrected chi connectivity index (χ4v) is 1.83. The number of aliphatic hydroxyl groups is 1. The average Bonchev–Trinajstić information content (AvgIpc) is 2.30. The lowest BCUT2D eigenvalue weighted by atomic mass is 9.83. The van der Waals surface area contributed by atoms with Gasteiger partial charge in [0.1, 0.15) is 5.82 Å². The molecule has 0 aliphatic heterocycles. The molecule has 0 unspecified atom stereocenters. The van der Waals surface area contributed by atoms with Gasteiger partial charge >= 0.3 is 0 Å². The molecule has 0 fully saturated rings. The number of halogens is 4. The van der Waals surface area contributed by atoms with Crippen molar-refractivity contribution in [1.82, 2.24) is 0 Å². The van der Waals surface area contributed by atoms with E-state index >= 15 is 0 Å². The van der Waals surface area contributed by atoms with Crippen LogP contribution in [0.25, 0.3) is 0 Å². The quantitative estimate of drug-likeness (QED) is 0.885. The van der Waals surface area contributed by atoms with Crippen LogP contribution in [0.5, 0.6) is 0 Å². The van der Waals surface area contributed by atoms with Gasteiger partial charge in [0.05, 0.1) is 5.92 Å². The van der Waals surface area contributed by atoms with Gasteiger partial charge in [-0.05, 0) is 32.0 Å². The largest absolute Gasteiger partial charge is 0.375 e. The van der Waals surface area contributed by atoms with Gasteiger partial charge in [0, 0.05) is 10.0 Å². The van der Waals surface area contributed by atoms with Crippen LogP contribution in [0.4, 0.5) is 13.2 Å². The Bertz CT molecular complexity index is 506. The zero-order valence-electron chi connectivity index (χ0n) is 10.2. The maximum atomic E-state index is 14.1. The van der Waals surface area contributed by atoms with Gasteiger partial charge in [-0.25, -0.2) is 13.2 Å². The number of carbonyl (C=O) groups is 1. The van der Waals surface area contributed by atoms with Crippen LogP contribution >= 0.6 is 15.9 Å². The molecule has 0 bridgehead atoms. The summed E-state index contributed by atoms with van der Waals surface area (Å²) in [6.07, 6.45) is 0. The second-order valence-electron chi connectivity index (χ2n) is 4.26. The lowest BCUT2D eigenvalue weighted by Crippen LogP contribution is -2.57. The predicted octanol–water partition coefficient (Wildman–Crippen LogP) is 2.40. The van der Waals surface area contributed by atoms with E-state index < -0.39 is 34.7 Å². The topological polar surface area (TPSA) is 63.3 Å². The van der Waals surface area contributed by atoms with Gasteiger partial charge in [-0.3, -0.25) is 4.79 Å². The number of carbonyl (C=O) groups excluding carboxylic acids is 1. The molecule has 105 valence electrons. The van der Waals surface area contributed by atoms with Gasteiger partial charge in [0.15, 0.2) is 0 Å². The Labute approximate surface area is 116 Å². The normalized spacial score (nSPS) is 15.4. The van der Waals surface area contributed by atoms with Crippen LogP contribution < -0.4 is 5.73 Å². The summed E-state index contributed by atoms with van der Waals surface area (Å²) < 4.78 is 42.1. The van der Waals surface area contributed by atoms with E-state index in [2.05, 4.69) is 15.9 Å². The number of benzene rings is 1. The molecule has 0 aromatic heterocycles. The van der Waals surface area contributed by atoms with Gasteiger partial charge < -0.3 is 10.8 Å². The lowest BCUT2D eigenvalue weighted by Gasteiger charge is -2.34. The zero-order chi connectivity index (χ0) is 15.0. The molecule has 0 heterocycles. The van der Waals surface area contributed by atoms with E-state index in [9.17, 15) is 23.1 Å². The maximum Gasteiger partial charge on any atom is 0.295 e. The first-order chi connectivity index (χ1) is 8.51. The summed E-state index contributed by atoms with van der Waals surface area (Å²) >= 11 is 3.03. The minimum absolute atomic E-state index is 0.387. The molecule has 1 aromatic carbocycles. The predicted molar refractivity (Wildman–Crippen MR) is 66.9 cm³/mol. The minimum atomic E-state index is -4.00. The molecule has 0 aliphatic rings. The van der Waals surface area contributed by atoms with Gasteiger partial charge in [-0.1, -0.05) is 15.9 Å². The highest BCUT2D eigenvalue weighted by molar-refractivity contribution is 9.10. The molecular formula is C12H12BrF3NO2. The minimum Gasteiger partial charge on any atom is -0.375 e. The Morgan fingerprint density at radius 1 is 1.42 bits per heavy atom. The standard InChI is InChI=1S/C12H12BrF3NO2/c1-6(8-5-7(13)3-4-9(8)14)12(15,16)11(2,19)10(17)18/h3-5,19H,1-2H3,(H2,17,18)/t11-/m1/s1. The third-order valence-corrected chi connectivity index (χ3v) is 3.39. The Hall–Kier alpha value is -1.08. The van der Waals surface area contributed by atoms with E-state index in [1.54, 1.807) is 0 Å². The van der Waals surface area contributed by atoms with Gasteiger partial charge in [-0.2, -0.15) is 0 Å². The molecule has 0 saturated carbocycles. The van der Waals surface area contributed by atoms with Crippen molar-refractivity contribution in [1.29, 1.82) is 0 Å². The number of rotatable bonds is 4. The second kappa shape index (κ2) is 5.13. The van der Waals surface area contributed by atoms with Crippen LogP contribution in [-0.2, 0) is 4.79 Å². The van der Waals surface area contributed by atoms with Crippen LogP contribution in [-0.4, -0.2) is 22.5 Å². The molecule has 19 heavy (non-hydrogen) atoms. The molecule has 1 aromatic rings. The van der Waals surface area contributed by atoms with E-state index in [4.69, 9.17) is 5.73 Å². The molecule has 1 amide bonds. The number of hydrogen-bond donors (Lipinski definition) is 2. The summed E-state index contributed by atoms with van der Waals surface area (Å²) in [5.41, 5.74) is 1.25. The van der Waals surface area contributed by atoms with Gasteiger partial charge in [0.2, 0.25) is 5.60 Å². The average molecular weight is 339 g/mol. The summed E-state index contributed by atoms with van der Waals surface area (Å²) in [5, 5.41) is 9.53. The van der Waals surface area contributed by atoms with Crippen LogP contribution in [0.15, 0.2) is 22.7 Å². The molecule has 0 aliphatic carbocycles. The molecule has 7 heteroatoms. The summed E-state index contributed by atoms with van der Waals surface area (Å²) in [6, 6.07) is 3.48.